The Balaban J connectivity index is 2.78. The highest BCUT2D eigenvalue weighted by atomic mass is 79.9. The molecule has 0 radical (unpaired) electrons. The van der Waals surface area contributed by atoms with Gasteiger partial charge in [0.25, 0.3) is 0 Å². The topological polar surface area (TPSA) is 32.9 Å². The van der Waals surface area contributed by atoms with Crippen molar-refractivity contribution < 1.29 is 18.0 Å². The van der Waals surface area contributed by atoms with Crippen molar-refractivity contribution in [2.45, 2.75) is 6.18 Å². The quantitative estimate of drug-likeness (QED) is 0.797. The molecule has 0 atom stereocenters. The fraction of sp³-hybridized carbons (Fsp3) is 0.100. The number of halogens is 4. The Hall–Kier alpha value is -1.30. The lowest BCUT2D eigenvalue weighted by molar-refractivity contribution is -0.137. The number of carbonyl (C=O) groups excluding carboxylic acids is 1. The molecule has 0 aliphatic heterocycles. The second-order valence-electron chi connectivity index (χ2n) is 3.24. The molecule has 1 heterocycles. The predicted molar refractivity (Wildman–Crippen MR) is 56.4 cm³/mol. The number of aldehydes is 1. The summed E-state index contributed by atoms with van der Waals surface area (Å²) in [5.41, 5.74) is -0.0912. The van der Waals surface area contributed by atoms with Crippen molar-refractivity contribution >= 4 is 33.1 Å². The van der Waals surface area contributed by atoms with Crippen molar-refractivity contribution in [1.82, 2.24) is 4.98 Å². The lowest BCUT2D eigenvalue weighted by Gasteiger charge is -2.07. The van der Waals surface area contributed by atoms with Gasteiger partial charge in [0, 0.05) is 21.6 Å². The molecule has 0 amide bonds. The van der Waals surface area contributed by atoms with Crippen molar-refractivity contribution in [3.8, 4) is 0 Å². The molecule has 1 aromatic heterocycles. The number of benzene rings is 1. The first-order chi connectivity index (χ1) is 7.43. The molecule has 0 bridgehead atoms. The van der Waals surface area contributed by atoms with E-state index in [1.165, 1.54) is 6.20 Å². The van der Waals surface area contributed by atoms with Crippen molar-refractivity contribution in [3.05, 3.63) is 33.9 Å². The zero-order valence-electron chi connectivity index (χ0n) is 7.73. The maximum Gasteiger partial charge on any atom is 0.416 e. The number of H-pyrrole nitrogens is 1. The first-order valence-corrected chi connectivity index (χ1v) is 5.06. The van der Waals surface area contributed by atoms with Crippen LogP contribution in [-0.2, 0) is 6.18 Å². The van der Waals surface area contributed by atoms with Crippen molar-refractivity contribution in [2.75, 3.05) is 0 Å². The van der Waals surface area contributed by atoms with E-state index in [9.17, 15) is 18.0 Å². The fourth-order valence-corrected chi connectivity index (χ4v) is 2.04. The highest BCUT2D eigenvalue weighted by Crippen LogP contribution is 2.35. The first kappa shape index (κ1) is 11.2. The van der Waals surface area contributed by atoms with Crippen molar-refractivity contribution in [2.24, 2.45) is 0 Å². The van der Waals surface area contributed by atoms with E-state index in [1.54, 1.807) is 0 Å². The molecule has 0 unspecified atom stereocenters. The first-order valence-electron chi connectivity index (χ1n) is 4.26. The van der Waals surface area contributed by atoms with Crippen molar-refractivity contribution in [3.63, 3.8) is 0 Å². The molecule has 2 nitrogen and oxygen atoms in total. The maximum atomic E-state index is 12.5. The number of alkyl halides is 3. The van der Waals surface area contributed by atoms with Crippen LogP contribution in [0.5, 0.6) is 0 Å². The second-order valence-corrected chi connectivity index (χ2v) is 4.09. The summed E-state index contributed by atoms with van der Waals surface area (Å²) in [6, 6.07) is 1.94. The largest absolute Gasteiger partial charge is 0.416 e. The van der Waals surface area contributed by atoms with Gasteiger partial charge in [0.05, 0.1) is 11.1 Å². The Kier molecular flexibility index (Phi) is 2.53. The second kappa shape index (κ2) is 3.62. The van der Waals surface area contributed by atoms with Gasteiger partial charge in [-0.2, -0.15) is 13.2 Å². The molecule has 0 fully saturated rings. The summed E-state index contributed by atoms with van der Waals surface area (Å²) in [5, 5.41) is 0.261. The van der Waals surface area contributed by atoms with Crippen LogP contribution in [0.3, 0.4) is 0 Å². The fourth-order valence-electron chi connectivity index (χ4n) is 1.47. The Morgan fingerprint density at radius 1 is 1.31 bits per heavy atom. The van der Waals surface area contributed by atoms with Crippen LogP contribution >= 0.6 is 15.9 Å². The number of aromatic amines is 1. The van der Waals surface area contributed by atoms with Gasteiger partial charge < -0.3 is 4.98 Å². The minimum Gasteiger partial charge on any atom is -0.360 e. The summed E-state index contributed by atoms with van der Waals surface area (Å²) in [7, 11) is 0. The van der Waals surface area contributed by atoms with Crippen LogP contribution in [0.15, 0.2) is 22.8 Å². The normalized spacial score (nSPS) is 12.0. The van der Waals surface area contributed by atoms with Gasteiger partial charge in [-0.25, -0.2) is 0 Å². The van der Waals surface area contributed by atoms with Crippen LogP contribution in [-0.4, -0.2) is 11.3 Å². The van der Waals surface area contributed by atoms with Gasteiger partial charge in [-0.1, -0.05) is 0 Å². The minimum atomic E-state index is -4.42. The van der Waals surface area contributed by atoms with Gasteiger partial charge in [0.15, 0.2) is 6.29 Å². The highest BCUT2D eigenvalue weighted by Gasteiger charge is 2.31. The predicted octanol–water partition coefficient (Wildman–Crippen LogP) is 3.76. The summed E-state index contributed by atoms with van der Waals surface area (Å²) >= 11 is 3.04. The van der Waals surface area contributed by atoms with Crippen LogP contribution in [0.2, 0.25) is 0 Å². The molecule has 6 heteroatoms. The molecule has 1 N–H and O–H groups in total. The van der Waals surface area contributed by atoms with Crippen LogP contribution in [0.4, 0.5) is 13.2 Å². The van der Waals surface area contributed by atoms with Crippen molar-refractivity contribution in [1.29, 1.82) is 0 Å². The minimum absolute atomic E-state index is 0.210. The van der Waals surface area contributed by atoms with Gasteiger partial charge in [0.1, 0.15) is 0 Å². The smallest absolute Gasteiger partial charge is 0.360 e. The third kappa shape index (κ3) is 1.73. The standard InChI is InChI=1S/C10H5BrF3NO/c11-8-2-6(10(12,13)14)1-7-5(4-16)3-15-9(7)8/h1-4,15H. The average molecular weight is 292 g/mol. The summed E-state index contributed by atoms with van der Waals surface area (Å²) in [6.45, 7) is 0. The van der Waals surface area contributed by atoms with Gasteiger partial charge in [-0.05, 0) is 28.1 Å². The van der Waals surface area contributed by atoms with Crippen LogP contribution in [0.1, 0.15) is 15.9 Å². The lowest BCUT2D eigenvalue weighted by atomic mass is 10.1. The molecular formula is C10H5BrF3NO. The molecule has 0 aliphatic carbocycles. The number of fused-ring (bicyclic) bond motifs is 1. The van der Waals surface area contributed by atoms with Gasteiger partial charge >= 0.3 is 6.18 Å². The van der Waals surface area contributed by atoms with E-state index in [0.29, 0.717) is 11.8 Å². The van der Waals surface area contributed by atoms with Gasteiger partial charge in [-0.3, -0.25) is 4.79 Å². The number of carbonyl (C=O) groups is 1. The van der Waals surface area contributed by atoms with Gasteiger partial charge in [0.2, 0.25) is 0 Å². The number of nitrogens with one attached hydrogen (secondary N) is 1. The lowest BCUT2D eigenvalue weighted by Crippen LogP contribution is -2.04. The Bertz CT molecular complexity index is 559. The summed E-state index contributed by atoms with van der Waals surface area (Å²) < 4.78 is 37.8. The molecule has 0 aliphatic rings. The van der Waals surface area contributed by atoms with Crippen LogP contribution in [0, 0.1) is 0 Å². The zero-order valence-corrected chi connectivity index (χ0v) is 9.32. The molecular weight excluding hydrogens is 287 g/mol. The summed E-state index contributed by atoms with van der Waals surface area (Å²) in [6.07, 6.45) is -2.53. The third-order valence-corrected chi connectivity index (χ3v) is 2.85. The van der Waals surface area contributed by atoms with E-state index >= 15 is 0 Å². The number of hydrogen-bond donors (Lipinski definition) is 1. The Labute approximate surface area is 96.6 Å². The Morgan fingerprint density at radius 3 is 2.56 bits per heavy atom. The summed E-state index contributed by atoms with van der Waals surface area (Å²) in [5.74, 6) is 0. The number of rotatable bonds is 1. The molecule has 0 saturated heterocycles. The van der Waals surface area contributed by atoms with E-state index in [2.05, 4.69) is 20.9 Å². The van der Waals surface area contributed by atoms with E-state index in [-0.39, 0.29) is 15.4 Å². The number of hydrogen-bond acceptors (Lipinski definition) is 1. The summed E-state index contributed by atoms with van der Waals surface area (Å²) in [4.78, 5) is 13.4. The van der Waals surface area contributed by atoms with E-state index < -0.39 is 11.7 Å². The molecule has 0 spiro atoms. The van der Waals surface area contributed by atoms with Crippen LogP contribution < -0.4 is 0 Å². The molecule has 84 valence electrons. The molecule has 1 aromatic carbocycles. The van der Waals surface area contributed by atoms with E-state index in [1.807, 2.05) is 0 Å². The molecule has 16 heavy (non-hydrogen) atoms. The number of aromatic nitrogens is 1. The highest BCUT2D eigenvalue weighted by molar-refractivity contribution is 9.10. The maximum absolute atomic E-state index is 12.5. The molecule has 2 aromatic rings. The monoisotopic (exact) mass is 291 g/mol. The Morgan fingerprint density at radius 2 is 2.00 bits per heavy atom. The van der Waals surface area contributed by atoms with Crippen LogP contribution in [0.25, 0.3) is 10.9 Å². The average Bonchev–Trinajstić information content (AvgIpc) is 2.59. The van der Waals surface area contributed by atoms with E-state index in [4.69, 9.17) is 0 Å². The molecule has 2 rings (SSSR count). The molecule has 0 saturated carbocycles. The third-order valence-electron chi connectivity index (χ3n) is 2.23. The van der Waals surface area contributed by atoms with E-state index in [0.717, 1.165) is 12.1 Å². The zero-order chi connectivity index (χ0) is 11.9. The van der Waals surface area contributed by atoms with Gasteiger partial charge in [-0.15, -0.1) is 0 Å². The SMILES string of the molecule is O=Cc1c[nH]c2c(Br)cc(C(F)(F)F)cc12.